The number of hydrogen-bond donors (Lipinski definition) is 1. The summed E-state index contributed by atoms with van der Waals surface area (Å²) in [4.78, 5) is 0. The SMILES string of the molecule is CCCNC(C)c1c(C)cc(C)cc1F. The Morgan fingerprint density at radius 2 is 2.00 bits per heavy atom. The first-order valence-electron chi connectivity index (χ1n) is 5.56. The molecule has 0 fully saturated rings. The van der Waals surface area contributed by atoms with Crippen LogP contribution >= 0.6 is 0 Å². The van der Waals surface area contributed by atoms with Gasteiger partial charge < -0.3 is 5.32 Å². The van der Waals surface area contributed by atoms with Gasteiger partial charge in [-0.2, -0.15) is 0 Å². The molecule has 0 aliphatic heterocycles. The molecule has 0 saturated heterocycles. The van der Waals surface area contributed by atoms with Crippen LogP contribution in [0.2, 0.25) is 0 Å². The second kappa shape index (κ2) is 5.26. The lowest BCUT2D eigenvalue weighted by atomic mass is 9.99. The normalized spacial score (nSPS) is 12.9. The molecular weight excluding hydrogens is 189 g/mol. The molecule has 0 aromatic heterocycles. The monoisotopic (exact) mass is 209 g/mol. The van der Waals surface area contributed by atoms with Gasteiger partial charge in [-0.25, -0.2) is 4.39 Å². The van der Waals surface area contributed by atoms with Crippen LogP contribution in [-0.4, -0.2) is 6.54 Å². The van der Waals surface area contributed by atoms with Gasteiger partial charge in [0.2, 0.25) is 0 Å². The highest BCUT2D eigenvalue weighted by Crippen LogP contribution is 2.22. The van der Waals surface area contributed by atoms with E-state index in [4.69, 9.17) is 0 Å². The van der Waals surface area contributed by atoms with Gasteiger partial charge in [-0.3, -0.25) is 0 Å². The van der Waals surface area contributed by atoms with Gasteiger partial charge in [-0.15, -0.1) is 0 Å². The fraction of sp³-hybridized carbons (Fsp3) is 0.538. The molecule has 15 heavy (non-hydrogen) atoms. The third-order valence-electron chi connectivity index (χ3n) is 2.61. The van der Waals surface area contributed by atoms with Crippen molar-refractivity contribution >= 4 is 0 Å². The highest BCUT2D eigenvalue weighted by atomic mass is 19.1. The second-order valence-corrected chi connectivity index (χ2v) is 4.15. The Morgan fingerprint density at radius 1 is 1.33 bits per heavy atom. The van der Waals surface area contributed by atoms with Gasteiger partial charge >= 0.3 is 0 Å². The zero-order valence-corrected chi connectivity index (χ0v) is 10.0. The van der Waals surface area contributed by atoms with Crippen LogP contribution < -0.4 is 5.32 Å². The Hall–Kier alpha value is -0.890. The molecule has 0 saturated carbocycles. The lowest BCUT2D eigenvalue weighted by Gasteiger charge is -2.17. The van der Waals surface area contributed by atoms with E-state index < -0.39 is 0 Å². The van der Waals surface area contributed by atoms with Crippen LogP contribution in [0.15, 0.2) is 12.1 Å². The van der Waals surface area contributed by atoms with Gasteiger partial charge in [0.15, 0.2) is 0 Å². The van der Waals surface area contributed by atoms with Crippen LogP contribution in [0.5, 0.6) is 0 Å². The van der Waals surface area contributed by atoms with Crippen molar-refractivity contribution in [2.24, 2.45) is 0 Å². The molecule has 1 nitrogen and oxygen atoms in total. The molecule has 1 N–H and O–H groups in total. The molecule has 1 aromatic carbocycles. The van der Waals surface area contributed by atoms with Crippen molar-refractivity contribution in [1.82, 2.24) is 5.32 Å². The van der Waals surface area contributed by atoms with E-state index in [9.17, 15) is 4.39 Å². The predicted molar refractivity (Wildman–Crippen MR) is 62.6 cm³/mol. The summed E-state index contributed by atoms with van der Waals surface area (Å²) in [7, 11) is 0. The minimum Gasteiger partial charge on any atom is -0.310 e. The Labute approximate surface area is 91.7 Å². The lowest BCUT2D eigenvalue weighted by molar-refractivity contribution is 0.524. The first kappa shape index (κ1) is 12.2. The minimum absolute atomic E-state index is 0.0885. The van der Waals surface area contributed by atoms with E-state index in [-0.39, 0.29) is 11.9 Å². The molecule has 1 atom stereocenters. The standard InChI is InChI=1S/C13H20FN/c1-5-6-15-11(4)13-10(3)7-9(2)8-12(13)14/h7-8,11,15H,5-6H2,1-4H3. The fourth-order valence-electron chi connectivity index (χ4n) is 1.94. The molecular formula is C13H20FN. The van der Waals surface area contributed by atoms with Crippen LogP contribution in [0, 0.1) is 19.7 Å². The van der Waals surface area contributed by atoms with Crippen molar-refractivity contribution in [3.05, 3.63) is 34.6 Å². The Bertz CT molecular complexity index is 310. The number of hydrogen-bond acceptors (Lipinski definition) is 1. The third kappa shape index (κ3) is 3.03. The maximum absolute atomic E-state index is 13.7. The van der Waals surface area contributed by atoms with Crippen LogP contribution in [-0.2, 0) is 0 Å². The van der Waals surface area contributed by atoms with Crippen molar-refractivity contribution in [3.8, 4) is 0 Å². The summed E-state index contributed by atoms with van der Waals surface area (Å²) in [5.41, 5.74) is 2.81. The summed E-state index contributed by atoms with van der Waals surface area (Å²) in [5.74, 6) is -0.0939. The zero-order chi connectivity index (χ0) is 11.4. The molecule has 0 aliphatic carbocycles. The molecule has 1 rings (SSSR count). The summed E-state index contributed by atoms with van der Waals surface area (Å²) >= 11 is 0. The van der Waals surface area contributed by atoms with Crippen LogP contribution in [0.1, 0.15) is 43.0 Å². The van der Waals surface area contributed by atoms with E-state index in [0.717, 1.165) is 29.7 Å². The van der Waals surface area contributed by atoms with E-state index in [1.807, 2.05) is 26.8 Å². The average Bonchev–Trinajstić information content (AvgIpc) is 2.12. The summed E-state index contributed by atoms with van der Waals surface area (Å²) in [5, 5.41) is 3.31. The lowest BCUT2D eigenvalue weighted by Crippen LogP contribution is -2.21. The summed E-state index contributed by atoms with van der Waals surface area (Å²) in [6.45, 7) is 8.93. The quantitative estimate of drug-likeness (QED) is 0.800. The molecule has 84 valence electrons. The maximum atomic E-state index is 13.7. The van der Waals surface area contributed by atoms with Gasteiger partial charge in [-0.1, -0.05) is 13.0 Å². The zero-order valence-electron chi connectivity index (χ0n) is 10.0. The Morgan fingerprint density at radius 3 is 2.53 bits per heavy atom. The minimum atomic E-state index is -0.0939. The van der Waals surface area contributed by atoms with Crippen molar-refractivity contribution < 1.29 is 4.39 Å². The van der Waals surface area contributed by atoms with Crippen LogP contribution in [0.4, 0.5) is 4.39 Å². The number of rotatable bonds is 4. The number of halogens is 1. The number of aryl methyl sites for hydroxylation is 2. The van der Waals surface area contributed by atoms with E-state index in [1.54, 1.807) is 6.07 Å². The summed E-state index contributed by atoms with van der Waals surface area (Å²) in [6, 6.07) is 3.72. The molecule has 0 bridgehead atoms. The molecule has 0 heterocycles. The van der Waals surface area contributed by atoms with Gasteiger partial charge in [0.1, 0.15) is 5.82 Å². The Balaban J connectivity index is 2.92. The van der Waals surface area contributed by atoms with Gasteiger partial charge in [0, 0.05) is 11.6 Å². The van der Waals surface area contributed by atoms with Crippen LogP contribution in [0.3, 0.4) is 0 Å². The van der Waals surface area contributed by atoms with Crippen molar-refractivity contribution in [3.63, 3.8) is 0 Å². The summed E-state index contributed by atoms with van der Waals surface area (Å²) < 4.78 is 13.7. The first-order chi connectivity index (χ1) is 7.06. The van der Waals surface area contributed by atoms with Crippen molar-refractivity contribution in [2.45, 2.75) is 40.2 Å². The van der Waals surface area contributed by atoms with Gasteiger partial charge in [0.25, 0.3) is 0 Å². The molecule has 0 amide bonds. The molecule has 0 spiro atoms. The highest BCUT2D eigenvalue weighted by Gasteiger charge is 2.13. The van der Waals surface area contributed by atoms with Crippen molar-refractivity contribution in [2.75, 3.05) is 6.54 Å². The summed E-state index contributed by atoms with van der Waals surface area (Å²) in [6.07, 6.45) is 1.07. The highest BCUT2D eigenvalue weighted by molar-refractivity contribution is 5.34. The predicted octanol–water partition coefficient (Wildman–Crippen LogP) is 3.50. The molecule has 1 aromatic rings. The molecule has 1 unspecified atom stereocenters. The average molecular weight is 209 g/mol. The molecule has 0 aliphatic rings. The molecule has 2 heteroatoms. The topological polar surface area (TPSA) is 12.0 Å². The number of benzene rings is 1. The van der Waals surface area contributed by atoms with E-state index in [0.29, 0.717) is 0 Å². The third-order valence-corrected chi connectivity index (χ3v) is 2.61. The Kier molecular flexibility index (Phi) is 4.28. The maximum Gasteiger partial charge on any atom is 0.128 e. The second-order valence-electron chi connectivity index (χ2n) is 4.15. The van der Waals surface area contributed by atoms with Gasteiger partial charge in [0.05, 0.1) is 0 Å². The fourth-order valence-corrected chi connectivity index (χ4v) is 1.94. The molecule has 0 radical (unpaired) electrons. The first-order valence-corrected chi connectivity index (χ1v) is 5.56. The van der Waals surface area contributed by atoms with E-state index >= 15 is 0 Å². The largest absolute Gasteiger partial charge is 0.310 e. The van der Waals surface area contributed by atoms with Crippen LogP contribution in [0.25, 0.3) is 0 Å². The van der Waals surface area contributed by atoms with Gasteiger partial charge in [-0.05, 0) is 50.9 Å². The van der Waals surface area contributed by atoms with E-state index in [1.165, 1.54) is 0 Å². The number of nitrogens with one attached hydrogen (secondary N) is 1. The van der Waals surface area contributed by atoms with Crippen molar-refractivity contribution in [1.29, 1.82) is 0 Å². The smallest absolute Gasteiger partial charge is 0.128 e. The van der Waals surface area contributed by atoms with E-state index in [2.05, 4.69) is 12.2 Å².